The van der Waals surface area contributed by atoms with Crippen LogP contribution >= 0.6 is 11.6 Å². The standard InChI is InChI=1S/C10H7ClN2O/c11-9(3-5-14)8-6-13-10-7(8)2-1-4-12-10/h1-6H,(H,12,13)/b9-3+. The van der Waals surface area contributed by atoms with Gasteiger partial charge in [-0.15, -0.1) is 0 Å². The van der Waals surface area contributed by atoms with Gasteiger partial charge in [0.2, 0.25) is 0 Å². The molecule has 0 radical (unpaired) electrons. The quantitative estimate of drug-likeness (QED) is 0.606. The predicted molar refractivity (Wildman–Crippen MR) is 56.0 cm³/mol. The zero-order valence-electron chi connectivity index (χ0n) is 7.20. The van der Waals surface area contributed by atoms with Gasteiger partial charge in [-0.3, -0.25) is 4.79 Å². The van der Waals surface area contributed by atoms with E-state index >= 15 is 0 Å². The molecule has 0 aromatic carbocycles. The highest BCUT2D eigenvalue weighted by molar-refractivity contribution is 6.50. The summed E-state index contributed by atoms with van der Waals surface area (Å²) in [4.78, 5) is 17.3. The number of aromatic nitrogens is 2. The average Bonchev–Trinajstić information content (AvgIpc) is 2.61. The van der Waals surface area contributed by atoms with Gasteiger partial charge in [0.05, 0.1) is 5.03 Å². The number of carbonyl (C=O) groups is 1. The summed E-state index contributed by atoms with van der Waals surface area (Å²) in [6, 6.07) is 3.72. The first-order valence-corrected chi connectivity index (χ1v) is 4.44. The van der Waals surface area contributed by atoms with Crippen molar-refractivity contribution in [3.63, 3.8) is 0 Å². The third kappa shape index (κ3) is 1.42. The number of rotatable bonds is 2. The molecule has 0 atom stereocenters. The van der Waals surface area contributed by atoms with Gasteiger partial charge >= 0.3 is 0 Å². The molecule has 0 unspecified atom stereocenters. The molecule has 2 heterocycles. The third-order valence-electron chi connectivity index (χ3n) is 1.92. The molecule has 0 spiro atoms. The summed E-state index contributed by atoms with van der Waals surface area (Å²) < 4.78 is 0. The van der Waals surface area contributed by atoms with Crippen LogP contribution in [0, 0.1) is 0 Å². The summed E-state index contributed by atoms with van der Waals surface area (Å²) in [6.45, 7) is 0. The van der Waals surface area contributed by atoms with Crippen LogP contribution in [0.3, 0.4) is 0 Å². The maximum Gasteiger partial charge on any atom is 0.144 e. The van der Waals surface area contributed by atoms with Gasteiger partial charge in [-0.25, -0.2) is 4.98 Å². The lowest BCUT2D eigenvalue weighted by molar-refractivity contribution is -0.104. The van der Waals surface area contributed by atoms with Gasteiger partial charge in [-0.2, -0.15) is 0 Å². The number of H-pyrrole nitrogens is 1. The fourth-order valence-electron chi connectivity index (χ4n) is 1.30. The first-order chi connectivity index (χ1) is 6.83. The summed E-state index contributed by atoms with van der Waals surface area (Å²) >= 11 is 5.91. The van der Waals surface area contributed by atoms with Crippen LogP contribution in [0.15, 0.2) is 30.6 Å². The lowest BCUT2D eigenvalue weighted by atomic mass is 10.2. The summed E-state index contributed by atoms with van der Waals surface area (Å²) in [5.41, 5.74) is 1.56. The molecular formula is C10H7ClN2O. The second kappa shape index (κ2) is 3.64. The summed E-state index contributed by atoms with van der Waals surface area (Å²) in [5, 5.41) is 1.33. The van der Waals surface area contributed by atoms with E-state index < -0.39 is 0 Å². The van der Waals surface area contributed by atoms with E-state index in [-0.39, 0.29) is 0 Å². The van der Waals surface area contributed by atoms with Crippen molar-refractivity contribution in [2.24, 2.45) is 0 Å². The predicted octanol–water partition coefficient (Wildman–Crippen LogP) is 2.34. The minimum Gasteiger partial charge on any atom is -0.345 e. The maximum absolute atomic E-state index is 10.3. The zero-order chi connectivity index (χ0) is 9.97. The van der Waals surface area contributed by atoms with Crippen molar-refractivity contribution in [1.82, 2.24) is 9.97 Å². The zero-order valence-corrected chi connectivity index (χ0v) is 7.95. The van der Waals surface area contributed by atoms with Crippen molar-refractivity contribution in [3.8, 4) is 0 Å². The first-order valence-electron chi connectivity index (χ1n) is 4.06. The Bertz CT molecular complexity index is 502. The van der Waals surface area contributed by atoms with E-state index in [2.05, 4.69) is 9.97 Å². The number of carbonyl (C=O) groups excluding carboxylic acids is 1. The highest BCUT2D eigenvalue weighted by Crippen LogP contribution is 2.25. The fraction of sp³-hybridized carbons (Fsp3) is 0. The minimum absolute atomic E-state index is 0.416. The third-order valence-corrected chi connectivity index (χ3v) is 2.25. The number of hydrogen-bond donors (Lipinski definition) is 1. The van der Waals surface area contributed by atoms with Gasteiger partial charge in [-0.05, 0) is 18.2 Å². The Hall–Kier alpha value is -1.61. The van der Waals surface area contributed by atoms with Crippen molar-refractivity contribution in [2.45, 2.75) is 0 Å². The lowest BCUT2D eigenvalue weighted by Crippen LogP contribution is -1.76. The highest BCUT2D eigenvalue weighted by atomic mass is 35.5. The Morgan fingerprint density at radius 3 is 3.21 bits per heavy atom. The highest BCUT2D eigenvalue weighted by Gasteiger charge is 2.05. The number of aromatic amines is 1. The summed E-state index contributed by atoms with van der Waals surface area (Å²) in [6.07, 6.45) is 5.41. The molecule has 4 heteroatoms. The van der Waals surface area contributed by atoms with Crippen LogP contribution in [0.4, 0.5) is 0 Å². The smallest absolute Gasteiger partial charge is 0.144 e. The number of aldehydes is 1. The average molecular weight is 207 g/mol. The summed E-state index contributed by atoms with van der Waals surface area (Å²) in [5.74, 6) is 0. The number of allylic oxidation sites excluding steroid dienone is 1. The maximum atomic E-state index is 10.3. The second-order valence-electron chi connectivity index (χ2n) is 2.75. The fourth-order valence-corrected chi connectivity index (χ4v) is 1.51. The van der Waals surface area contributed by atoms with E-state index in [1.54, 1.807) is 12.4 Å². The number of halogens is 1. The molecule has 0 aliphatic heterocycles. The second-order valence-corrected chi connectivity index (χ2v) is 3.16. The first kappa shape index (κ1) is 8.97. The molecular weight excluding hydrogens is 200 g/mol. The topological polar surface area (TPSA) is 45.8 Å². The molecule has 0 aliphatic carbocycles. The molecule has 0 fully saturated rings. The Kier molecular flexibility index (Phi) is 2.33. The van der Waals surface area contributed by atoms with Crippen molar-refractivity contribution in [3.05, 3.63) is 36.2 Å². The van der Waals surface area contributed by atoms with E-state index in [4.69, 9.17) is 11.6 Å². The van der Waals surface area contributed by atoms with E-state index in [1.807, 2.05) is 12.1 Å². The van der Waals surface area contributed by atoms with E-state index in [0.29, 0.717) is 11.3 Å². The van der Waals surface area contributed by atoms with Crippen LogP contribution in [0.2, 0.25) is 0 Å². The van der Waals surface area contributed by atoms with Gasteiger partial charge in [-0.1, -0.05) is 11.6 Å². The molecule has 2 aromatic rings. The molecule has 2 rings (SSSR count). The van der Waals surface area contributed by atoms with E-state index in [1.165, 1.54) is 6.08 Å². The molecule has 0 saturated carbocycles. The molecule has 0 bridgehead atoms. The van der Waals surface area contributed by atoms with Gasteiger partial charge < -0.3 is 4.98 Å². The van der Waals surface area contributed by atoms with Crippen LogP contribution in [0.5, 0.6) is 0 Å². The molecule has 14 heavy (non-hydrogen) atoms. The van der Waals surface area contributed by atoms with Crippen LogP contribution in [0.1, 0.15) is 5.56 Å². The van der Waals surface area contributed by atoms with Gasteiger partial charge in [0.1, 0.15) is 11.9 Å². The monoisotopic (exact) mass is 206 g/mol. The number of nitrogens with one attached hydrogen (secondary N) is 1. The van der Waals surface area contributed by atoms with E-state index in [9.17, 15) is 4.79 Å². The Labute approximate surface area is 85.4 Å². The Morgan fingerprint density at radius 2 is 2.43 bits per heavy atom. The van der Waals surface area contributed by atoms with Crippen molar-refractivity contribution in [2.75, 3.05) is 0 Å². The number of nitrogens with zero attached hydrogens (tertiary/aromatic N) is 1. The van der Waals surface area contributed by atoms with Crippen LogP contribution in [0.25, 0.3) is 16.1 Å². The normalized spacial score (nSPS) is 11.9. The van der Waals surface area contributed by atoms with Crippen LogP contribution < -0.4 is 0 Å². The minimum atomic E-state index is 0.416. The number of hydrogen-bond acceptors (Lipinski definition) is 2. The summed E-state index contributed by atoms with van der Waals surface area (Å²) in [7, 11) is 0. The molecule has 0 amide bonds. The number of fused-ring (bicyclic) bond motifs is 1. The Morgan fingerprint density at radius 1 is 1.57 bits per heavy atom. The van der Waals surface area contributed by atoms with E-state index in [0.717, 1.165) is 16.6 Å². The lowest BCUT2D eigenvalue weighted by Gasteiger charge is -1.93. The van der Waals surface area contributed by atoms with Crippen molar-refractivity contribution < 1.29 is 4.79 Å². The number of pyridine rings is 1. The van der Waals surface area contributed by atoms with Gasteiger partial charge in [0.25, 0.3) is 0 Å². The molecule has 3 nitrogen and oxygen atoms in total. The molecule has 2 aromatic heterocycles. The SMILES string of the molecule is O=C/C=C(/Cl)c1c[nH]c2ncccc12. The Balaban J connectivity index is 2.64. The largest absolute Gasteiger partial charge is 0.345 e. The van der Waals surface area contributed by atoms with Gasteiger partial charge in [0.15, 0.2) is 0 Å². The van der Waals surface area contributed by atoms with Gasteiger partial charge in [0, 0.05) is 23.3 Å². The van der Waals surface area contributed by atoms with Crippen molar-refractivity contribution >= 4 is 34.0 Å². The van der Waals surface area contributed by atoms with Crippen LogP contribution in [-0.2, 0) is 4.79 Å². The van der Waals surface area contributed by atoms with Crippen LogP contribution in [-0.4, -0.2) is 16.3 Å². The molecule has 0 aliphatic rings. The van der Waals surface area contributed by atoms with Crippen molar-refractivity contribution in [1.29, 1.82) is 0 Å². The molecule has 0 saturated heterocycles. The molecule has 70 valence electrons. The molecule has 1 N–H and O–H groups in total.